The van der Waals surface area contributed by atoms with Gasteiger partial charge in [0.1, 0.15) is 0 Å². The van der Waals surface area contributed by atoms with E-state index >= 15 is 0 Å². The van der Waals surface area contributed by atoms with E-state index in [9.17, 15) is 8.42 Å². The minimum Gasteiger partial charge on any atom is -0.328 e. The largest absolute Gasteiger partial charge is 0.328 e. The Bertz CT molecular complexity index is 467. The monoisotopic (exact) mass is 259 g/mol. The average molecular weight is 259 g/mol. The molecule has 0 aromatic heterocycles. The molecular formula is C11H17NO2S2. The Morgan fingerprint density at radius 3 is 2.50 bits per heavy atom. The van der Waals surface area contributed by atoms with Crippen molar-refractivity contribution in [3.63, 3.8) is 0 Å². The summed E-state index contributed by atoms with van der Waals surface area (Å²) in [6, 6.07) is 5.54. The Balaban J connectivity index is 3.22. The summed E-state index contributed by atoms with van der Waals surface area (Å²) in [7, 11) is -3.17. The first-order valence-electron chi connectivity index (χ1n) is 4.97. The van der Waals surface area contributed by atoms with Crippen LogP contribution in [0.1, 0.15) is 12.5 Å². The first kappa shape index (κ1) is 13.5. The topological polar surface area (TPSA) is 60.2 Å². The molecule has 1 rings (SSSR count). The Hall–Kier alpha value is -0.520. The van der Waals surface area contributed by atoms with Crippen LogP contribution >= 0.6 is 11.8 Å². The number of thioether (sulfide) groups is 1. The summed E-state index contributed by atoms with van der Waals surface area (Å²) in [5.41, 5.74) is 6.67. The fourth-order valence-electron chi connectivity index (χ4n) is 1.51. The van der Waals surface area contributed by atoms with Gasteiger partial charge in [-0.05, 0) is 37.3 Å². The van der Waals surface area contributed by atoms with Crippen molar-refractivity contribution in [2.45, 2.75) is 29.2 Å². The van der Waals surface area contributed by atoms with Crippen LogP contribution in [0.2, 0.25) is 0 Å². The van der Waals surface area contributed by atoms with Crippen LogP contribution in [-0.4, -0.2) is 27.0 Å². The lowest BCUT2D eigenvalue weighted by atomic mass is 10.1. The number of nitrogens with two attached hydrogens (primary N) is 1. The highest BCUT2D eigenvalue weighted by Gasteiger charge is 2.13. The lowest BCUT2D eigenvalue weighted by Gasteiger charge is -2.10. The van der Waals surface area contributed by atoms with Gasteiger partial charge in [-0.2, -0.15) is 0 Å². The van der Waals surface area contributed by atoms with Gasteiger partial charge in [-0.15, -0.1) is 11.8 Å². The Morgan fingerprint density at radius 2 is 2.06 bits per heavy atom. The van der Waals surface area contributed by atoms with Crippen LogP contribution in [0.5, 0.6) is 0 Å². The summed E-state index contributed by atoms with van der Waals surface area (Å²) >= 11 is 1.44. The first-order chi connectivity index (χ1) is 7.34. The molecule has 0 fully saturated rings. The predicted molar refractivity (Wildman–Crippen MR) is 68.7 cm³/mol. The van der Waals surface area contributed by atoms with Gasteiger partial charge < -0.3 is 5.73 Å². The maximum atomic E-state index is 11.6. The standard InChI is InChI=1S/C11H17NO2S2/c1-8(12)6-9-4-5-10(15-2)11(7-9)16(3,13)14/h4-5,7-8H,6,12H2,1-3H3. The molecule has 0 aliphatic rings. The molecule has 0 aliphatic heterocycles. The normalized spacial score (nSPS) is 13.8. The quantitative estimate of drug-likeness (QED) is 0.836. The summed E-state index contributed by atoms with van der Waals surface area (Å²) in [4.78, 5) is 1.19. The maximum absolute atomic E-state index is 11.6. The zero-order valence-electron chi connectivity index (χ0n) is 9.73. The molecule has 3 nitrogen and oxygen atoms in total. The van der Waals surface area contributed by atoms with Crippen LogP contribution in [0.4, 0.5) is 0 Å². The van der Waals surface area contributed by atoms with Crippen molar-refractivity contribution in [3.05, 3.63) is 23.8 Å². The minimum absolute atomic E-state index is 0.0348. The molecule has 1 atom stereocenters. The van der Waals surface area contributed by atoms with Crippen molar-refractivity contribution in [2.24, 2.45) is 5.73 Å². The van der Waals surface area contributed by atoms with Crippen molar-refractivity contribution in [1.29, 1.82) is 0 Å². The molecule has 0 saturated carbocycles. The number of benzene rings is 1. The van der Waals surface area contributed by atoms with Crippen LogP contribution in [-0.2, 0) is 16.3 Å². The van der Waals surface area contributed by atoms with E-state index in [0.717, 1.165) is 10.5 Å². The van der Waals surface area contributed by atoms with Gasteiger partial charge in [0.05, 0.1) is 4.90 Å². The van der Waals surface area contributed by atoms with Crippen LogP contribution < -0.4 is 5.73 Å². The number of sulfone groups is 1. The smallest absolute Gasteiger partial charge is 0.176 e. The predicted octanol–water partition coefficient (Wildman–Crippen LogP) is 1.70. The Labute approximate surface area is 101 Å². The van der Waals surface area contributed by atoms with Crippen molar-refractivity contribution < 1.29 is 8.42 Å². The minimum atomic E-state index is -3.17. The number of hydrogen-bond donors (Lipinski definition) is 1. The van der Waals surface area contributed by atoms with E-state index in [1.165, 1.54) is 18.0 Å². The first-order valence-corrected chi connectivity index (χ1v) is 8.08. The summed E-state index contributed by atoms with van der Waals surface area (Å²) in [6.07, 6.45) is 3.80. The van der Waals surface area contributed by atoms with Gasteiger partial charge in [-0.25, -0.2) is 8.42 Å². The molecule has 0 bridgehead atoms. The van der Waals surface area contributed by atoms with Crippen molar-refractivity contribution in [1.82, 2.24) is 0 Å². The zero-order chi connectivity index (χ0) is 12.3. The van der Waals surface area contributed by atoms with E-state index in [-0.39, 0.29) is 6.04 Å². The van der Waals surface area contributed by atoms with E-state index in [1.54, 1.807) is 6.07 Å². The van der Waals surface area contributed by atoms with E-state index in [4.69, 9.17) is 5.73 Å². The highest BCUT2D eigenvalue weighted by atomic mass is 32.2. The summed E-state index contributed by atoms with van der Waals surface area (Å²) in [5.74, 6) is 0. The van der Waals surface area contributed by atoms with Gasteiger partial charge in [-0.1, -0.05) is 6.07 Å². The number of hydrogen-bond acceptors (Lipinski definition) is 4. The molecule has 1 unspecified atom stereocenters. The van der Waals surface area contributed by atoms with E-state index in [1.807, 2.05) is 25.3 Å². The van der Waals surface area contributed by atoms with E-state index < -0.39 is 9.84 Å². The SMILES string of the molecule is CSc1ccc(CC(C)N)cc1S(C)(=O)=O. The molecule has 0 saturated heterocycles. The molecule has 1 aromatic carbocycles. The molecule has 0 heterocycles. The second kappa shape index (κ2) is 5.21. The Kier molecular flexibility index (Phi) is 4.41. The molecule has 5 heteroatoms. The Morgan fingerprint density at radius 1 is 1.44 bits per heavy atom. The molecule has 16 heavy (non-hydrogen) atoms. The third-order valence-corrected chi connectivity index (χ3v) is 4.25. The van der Waals surface area contributed by atoms with Crippen LogP contribution in [0, 0.1) is 0 Å². The highest BCUT2D eigenvalue weighted by molar-refractivity contribution is 7.99. The van der Waals surface area contributed by atoms with E-state index in [0.29, 0.717) is 11.3 Å². The fourth-order valence-corrected chi connectivity index (χ4v) is 3.48. The molecule has 0 spiro atoms. The molecule has 90 valence electrons. The van der Waals surface area contributed by atoms with Gasteiger partial charge in [0.2, 0.25) is 0 Å². The third-order valence-electron chi connectivity index (χ3n) is 2.19. The maximum Gasteiger partial charge on any atom is 0.176 e. The summed E-state index contributed by atoms with van der Waals surface area (Å²) < 4.78 is 23.2. The van der Waals surface area contributed by atoms with Gasteiger partial charge in [0.25, 0.3) is 0 Å². The zero-order valence-corrected chi connectivity index (χ0v) is 11.4. The van der Waals surface area contributed by atoms with Gasteiger partial charge >= 0.3 is 0 Å². The molecular weight excluding hydrogens is 242 g/mol. The van der Waals surface area contributed by atoms with Crippen LogP contribution in [0.3, 0.4) is 0 Å². The molecule has 0 aliphatic carbocycles. The van der Waals surface area contributed by atoms with Crippen LogP contribution in [0.25, 0.3) is 0 Å². The highest BCUT2D eigenvalue weighted by Crippen LogP contribution is 2.26. The average Bonchev–Trinajstić information content (AvgIpc) is 2.15. The lowest BCUT2D eigenvalue weighted by molar-refractivity contribution is 0.599. The van der Waals surface area contributed by atoms with E-state index in [2.05, 4.69) is 0 Å². The second-order valence-corrected chi connectivity index (χ2v) is 6.77. The molecule has 1 aromatic rings. The second-order valence-electron chi connectivity index (χ2n) is 3.94. The third kappa shape index (κ3) is 3.50. The molecule has 0 amide bonds. The number of rotatable bonds is 4. The molecule has 2 N–H and O–H groups in total. The van der Waals surface area contributed by atoms with Crippen molar-refractivity contribution in [2.75, 3.05) is 12.5 Å². The summed E-state index contributed by atoms with van der Waals surface area (Å²) in [6.45, 7) is 1.91. The fraction of sp³-hybridized carbons (Fsp3) is 0.455. The summed E-state index contributed by atoms with van der Waals surface area (Å²) in [5, 5.41) is 0. The van der Waals surface area contributed by atoms with Gasteiger partial charge in [0, 0.05) is 17.2 Å². The van der Waals surface area contributed by atoms with Crippen molar-refractivity contribution in [3.8, 4) is 0 Å². The van der Waals surface area contributed by atoms with Gasteiger partial charge in [-0.3, -0.25) is 0 Å². The van der Waals surface area contributed by atoms with Crippen LogP contribution in [0.15, 0.2) is 28.0 Å². The lowest BCUT2D eigenvalue weighted by Crippen LogP contribution is -2.18. The van der Waals surface area contributed by atoms with Crippen molar-refractivity contribution >= 4 is 21.6 Å². The van der Waals surface area contributed by atoms with Gasteiger partial charge in [0.15, 0.2) is 9.84 Å². The molecule has 0 radical (unpaired) electrons.